The molecule has 1 aliphatic carbocycles. The second-order valence-electron chi connectivity index (χ2n) is 4.54. The van der Waals surface area contributed by atoms with E-state index in [1.165, 1.54) is 19.3 Å². The molecule has 0 aromatic carbocycles. The fourth-order valence-electron chi connectivity index (χ4n) is 2.33. The van der Waals surface area contributed by atoms with E-state index in [0.717, 1.165) is 29.9 Å². The van der Waals surface area contributed by atoms with E-state index in [9.17, 15) is 0 Å². The van der Waals surface area contributed by atoms with Gasteiger partial charge in [0, 0.05) is 18.9 Å². The maximum Gasteiger partial charge on any atom is 0.147 e. The van der Waals surface area contributed by atoms with Gasteiger partial charge in [0.05, 0.1) is 5.69 Å². The first-order valence-electron chi connectivity index (χ1n) is 5.79. The van der Waals surface area contributed by atoms with Crippen LogP contribution in [0.5, 0.6) is 0 Å². The minimum atomic E-state index is 0.811. The average molecular weight is 205 g/mol. The molecule has 2 unspecified atom stereocenters. The first-order chi connectivity index (χ1) is 7.27. The molecule has 3 nitrogen and oxygen atoms in total. The average Bonchev–Trinajstić information content (AvgIpc) is 2.63. The van der Waals surface area contributed by atoms with Crippen LogP contribution in [0.4, 0.5) is 5.82 Å². The van der Waals surface area contributed by atoms with Gasteiger partial charge in [-0.3, -0.25) is 4.98 Å². The van der Waals surface area contributed by atoms with E-state index in [1.807, 2.05) is 6.92 Å². The Morgan fingerprint density at radius 2 is 2.13 bits per heavy atom. The number of aryl methyl sites for hydroxylation is 1. The van der Waals surface area contributed by atoms with Crippen LogP contribution in [-0.4, -0.2) is 16.5 Å². The summed E-state index contributed by atoms with van der Waals surface area (Å²) < 4.78 is 0. The van der Waals surface area contributed by atoms with E-state index in [0.29, 0.717) is 0 Å². The highest BCUT2D eigenvalue weighted by atomic mass is 15.0. The monoisotopic (exact) mass is 205 g/mol. The van der Waals surface area contributed by atoms with Crippen molar-refractivity contribution in [1.82, 2.24) is 9.97 Å². The molecule has 0 spiro atoms. The van der Waals surface area contributed by atoms with Crippen molar-refractivity contribution in [2.75, 3.05) is 11.9 Å². The highest BCUT2D eigenvalue weighted by Crippen LogP contribution is 2.31. The summed E-state index contributed by atoms with van der Waals surface area (Å²) in [6.07, 6.45) is 7.60. The third-order valence-corrected chi connectivity index (χ3v) is 3.45. The molecule has 0 aliphatic heterocycles. The summed E-state index contributed by atoms with van der Waals surface area (Å²) in [5.41, 5.74) is 0.989. The van der Waals surface area contributed by atoms with Gasteiger partial charge in [-0.1, -0.05) is 19.8 Å². The van der Waals surface area contributed by atoms with Crippen LogP contribution in [0.2, 0.25) is 0 Å². The molecule has 1 saturated carbocycles. The molecule has 0 saturated heterocycles. The number of nitrogens with zero attached hydrogens (tertiary/aromatic N) is 2. The number of nitrogens with one attached hydrogen (secondary N) is 1. The van der Waals surface area contributed by atoms with E-state index in [4.69, 9.17) is 0 Å². The molecule has 1 heterocycles. The second kappa shape index (κ2) is 4.60. The van der Waals surface area contributed by atoms with Crippen LogP contribution in [0.3, 0.4) is 0 Å². The molecule has 1 fully saturated rings. The highest BCUT2D eigenvalue weighted by molar-refractivity contribution is 5.38. The number of aromatic nitrogens is 2. The lowest BCUT2D eigenvalue weighted by atomic mass is 9.98. The quantitative estimate of drug-likeness (QED) is 0.824. The number of hydrogen-bond acceptors (Lipinski definition) is 3. The fourth-order valence-corrected chi connectivity index (χ4v) is 2.33. The van der Waals surface area contributed by atoms with Gasteiger partial charge in [-0.05, 0) is 25.2 Å². The molecule has 2 atom stereocenters. The largest absolute Gasteiger partial charge is 0.368 e. The predicted octanol–water partition coefficient (Wildman–Crippen LogP) is 2.63. The van der Waals surface area contributed by atoms with Crippen LogP contribution in [0.25, 0.3) is 0 Å². The molecule has 0 amide bonds. The van der Waals surface area contributed by atoms with E-state index in [2.05, 4.69) is 22.2 Å². The van der Waals surface area contributed by atoms with Gasteiger partial charge in [-0.15, -0.1) is 0 Å². The summed E-state index contributed by atoms with van der Waals surface area (Å²) in [7, 11) is 0. The van der Waals surface area contributed by atoms with E-state index in [-0.39, 0.29) is 0 Å². The molecule has 1 aliphatic rings. The molecule has 82 valence electrons. The van der Waals surface area contributed by atoms with Gasteiger partial charge < -0.3 is 5.32 Å². The van der Waals surface area contributed by atoms with Crippen LogP contribution in [0.1, 0.15) is 31.9 Å². The van der Waals surface area contributed by atoms with Gasteiger partial charge in [0.25, 0.3) is 0 Å². The van der Waals surface area contributed by atoms with Gasteiger partial charge in [0.1, 0.15) is 5.82 Å². The molecule has 1 aromatic rings. The van der Waals surface area contributed by atoms with E-state index >= 15 is 0 Å². The Morgan fingerprint density at radius 3 is 2.80 bits per heavy atom. The Bertz CT molecular complexity index is 324. The Morgan fingerprint density at radius 1 is 1.33 bits per heavy atom. The molecule has 15 heavy (non-hydrogen) atoms. The topological polar surface area (TPSA) is 37.8 Å². The number of anilines is 1. The predicted molar refractivity (Wildman–Crippen MR) is 61.8 cm³/mol. The van der Waals surface area contributed by atoms with Crippen molar-refractivity contribution in [2.24, 2.45) is 11.8 Å². The zero-order chi connectivity index (χ0) is 10.7. The summed E-state index contributed by atoms with van der Waals surface area (Å²) in [5.74, 6) is 2.61. The smallest absolute Gasteiger partial charge is 0.147 e. The molecular weight excluding hydrogens is 186 g/mol. The lowest BCUT2D eigenvalue weighted by Crippen LogP contribution is -2.17. The summed E-state index contributed by atoms with van der Waals surface area (Å²) in [6.45, 7) is 5.39. The zero-order valence-electron chi connectivity index (χ0n) is 9.53. The Labute approximate surface area is 91.3 Å². The van der Waals surface area contributed by atoms with Crippen LogP contribution >= 0.6 is 0 Å². The van der Waals surface area contributed by atoms with Gasteiger partial charge in [-0.25, -0.2) is 4.98 Å². The Balaban J connectivity index is 1.90. The van der Waals surface area contributed by atoms with E-state index in [1.54, 1.807) is 12.4 Å². The lowest BCUT2D eigenvalue weighted by Gasteiger charge is -2.16. The van der Waals surface area contributed by atoms with Gasteiger partial charge in [0.15, 0.2) is 0 Å². The van der Waals surface area contributed by atoms with Crippen molar-refractivity contribution in [3.63, 3.8) is 0 Å². The second-order valence-corrected chi connectivity index (χ2v) is 4.54. The molecule has 1 aromatic heterocycles. The minimum absolute atomic E-state index is 0.811. The van der Waals surface area contributed by atoms with Crippen molar-refractivity contribution < 1.29 is 0 Å². The third kappa shape index (κ3) is 2.46. The maximum atomic E-state index is 4.29. The van der Waals surface area contributed by atoms with Crippen LogP contribution in [-0.2, 0) is 0 Å². The van der Waals surface area contributed by atoms with Crippen molar-refractivity contribution >= 4 is 5.82 Å². The molecule has 0 radical (unpaired) electrons. The summed E-state index contributed by atoms with van der Waals surface area (Å²) >= 11 is 0. The lowest BCUT2D eigenvalue weighted by molar-refractivity contribution is 0.439. The highest BCUT2D eigenvalue weighted by Gasteiger charge is 2.22. The molecule has 0 bridgehead atoms. The first-order valence-corrected chi connectivity index (χ1v) is 5.79. The summed E-state index contributed by atoms with van der Waals surface area (Å²) in [4.78, 5) is 8.51. The standard InChI is InChI=1S/C12H19N3/c1-9-4-3-5-11(9)8-15-12-10(2)13-6-7-14-12/h6-7,9,11H,3-5,8H2,1-2H3,(H,14,15). The molecule has 3 heteroatoms. The maximum absolute atomic E-state index is 4.29. The summed E-state index contributed by atoms with van der Waals surface area (Å²) in [6, 6.07) is 0. The molecule has 1 N–H and O–H groups in total. The van der Waals surface area contributed by atoms with Gasteiger partial charge in [-0.2, -0.15) is 0 Å². The van der Waals surface area contributed by atoms with Crippen molar-refractivity contribution in [3.8, 4) is 0 Å². The zero-order valence-corrected chi connectivity index (χ0v) is 9.53. The van der Waals surface area contributed by atoms with Gasteiger partial charge in [0.2, 0.25) is 0 Å². The van der Waals surface area contributed by atoms with Gasteiger partial charge >= 0.3 is 0 Å². The Kier molecular flexibility index (Phi) is 3.19. The Hall–Kier alpha value is -1.12. The number of rotatable bonds is 3. The van der Waals surface area contributed by atoms with Crippen molar-refractivity contribution in [3.05, 3.63) is 18.1 Å². The fraction of sp³-hybridized carbons (Fsp3) is 0.667. The van der Waals surface area contributed by atoms with E-state index < -0.39 is 0 Å². The molecule has 2 rings (SSSR count). The van der Waals surface area contributed by atoms with Crippen molar-refractivity contribution in [2.45, 2.75) is 33.1 Å². The van der Waals surface area contributed by atoms with Crippen LogP contribution in [0.15, 0.2) is 12.4 Å². The normalized spacial score (nSPS) is 25.5. The third-order valence-electron chi connectivity index (χ3n) is 3.45. The first kappa shape index (κ1) is 10.4. The minimum Gasteiger partial charge on any atom is -0.368 e. The molecular formula is C12H19N3. The summed E-state index contributed by atoms with van der Waals surface area (Å²) in [5, 5.41) is 3.41. The van der Waals surface area contributed by atoms with Crippen LogP contribution in [0, 0.1) is 18.8 Å². The number of hydrogen-bond donors (Lipinski definition) is 1. The van der Waals surface area contributed by atoms with Crippen molar-refractivity contribution in [1.29, 1.82) is 0 Å². The SMILES string of the molecule is Cc1nccnc1NCC1CCCC1C. The van der Waals surface area contributed by atoms with Crippen LogP contribution < -0.4 is 5.32 Å².